The van der Waals surface area contributed by atoms with E-state index in [-0.39, 0.29) is 18.2 Å². The first-order valence-corrected chi connectivity index (χ1v) is 8.29. The van der Waals surface area contributed by atoms with E-state index in [0.29, 0.717) is 11.1 Å². The highest BCUT2D eigenvalue weighted by Crippen LogP contribution is 2.32. The van der Waals surface area contributed by atoms with Crippen molar-refractivity contribution < 1.29 is 14.7 Å². The van der Waals surface area contributed by atoms with Gasteiger partial charge in [-0.25, -0.2) is 0 Å². The molecule has 1 saturated heterocycles. The van der Waals surface area contributed by atoms with Crippen LogP contribution in [0.25, 0.3) is 0 Å². The zero-order valence-electron chi connectivity index (χ0n) is 14.0. The first-order valence-electron chi connectivity index (χ1n) is 7.95. The molecule has 0 saturated carbocycles. The van der Waals surface area contributed by atoms with Crippen molar-refractivity contribution in [1.82, 2.24) is 9.32 Å². The Labute approximate surface area is 151 Å². The maximum Gasteiger partial charge on any atom is 0.247 e. The Morgan fingerprint density at radius 1 is 1.08 bits per heavy atom. The maximum absolute atomic E-state index is 12.4. The lowest BCUT2D eigenvalue weighted by atomic mass is 10.0. The standard InChI is InChI=1S/C19H19ClN2O3/c1-19(2)17(24)21(18(25)22(19)20)12-13-8-10-15(11-9-13)16(23)14-6-4-3-5-7-14/h3-11,18,25H,12H2,1-2H3. The first kappa shape index (κ1) is 17.6. The number of ketones is 1. The topological polar surface area (TPSA) is 60.9 Å². The molecule has 6 heteroatoms. The van der Waals surface area contributed by atoms with Gasteiger partial charge in [0.2, 0.25) is 12.3 Å². The molecule has 5 nitrogen and oxygen atoms in total. The smallest absolute Gasteiger partial charge is 0.247 e. The van der Waals surface area contributed by atoms with E-state index in [2.05, 4.69) is 0 Å². The van der Waals surface area contributed by atoms with Crippen LogP contribution in [-0.2, 0) is 11.3 Å². The summed E-state index contributed by atoms with van der Waals surface area (Å²) in [6.45, 7) is 3.53. The fourth-order valence-corrected chi connectivity index (χ4v) is 3.00. The number of aliphatic hydroxyl groups is 1. The number of amides is 1. The van der Waals surface area contributed by atoms with Crippen LogP contribution in [0.2, 0.25) is 0 Å². The summed E-state index contributed by atoms with van der Waals surface area (Å²) in [6.07, 6.45) is -1.19. The fraction of sp³-hybridized carbons (Fsp3) is 0.263. The second kappa shape index (κ2) is 6.59. The summed E-state index contributed by atoms with van der Waals surface area (Å²) < 4.78 is 1.11. The highest BCUT2D eigenvalue weighted by molar-refractivity contribution is 6.16. The molecule has 1 heterocycles. The van der Waals surface area contributed by atoms with E-state index in [0.717, 1.165) is 9.98 Å². The Balaban J connectivity index is 1.76. The van der Waals surface area contributed by atoms with E-state index in [1.54, 1.807) is 50.2 Å². The van der Waals surface area contributed by atoms with Crippen LogP contribution in [-0.4, -0.2) is 38.0 Å². The monoisotopic (exact) mass is 358 g/mol. The third kappa shape index (κ3) is 3.18. The van der Waals surface area contributed by atoms with E-state index in [1.165, 1.54) is 4.90 Å². The fourth-order valence-electron chi connectivity index (χ4n) is 2.83. The summed E-state index contributed by atoms with van der Waals surface area (Å²) in [5, 5.41) is 10.2. The number of benzene rings is 2. The Morgan fingerprint density at radius 2 is 1.64 bits per heavy atom. The molecule has 1 N–H and O–H groups in total. The molecular weight excluding hydrogens is 340 g/mol. The number of rotatable bonds is 4. The lowest BCUT2D eigenvalue weighted by molar-refractivity contribution is -0.136. The highest BCUT2D eigenvalue weighted by Gasteiger charge is 2.50. The molecule has 1 fully saturated rings. The summed E-state index contributed by atoms with van der Waals surface area (Å²) in [4.78, 5) is 26.1. The second-order valence-electron chi connectivity index (χ2n) is 6.54. The molecule has 1 aliphatic rings. The van der Waals surface area contributed by atoms with Gasteiger partial charge in [-0.2, -0.15) is 4.42 Å². The van der Waals surface area contributed by atoms with Crippen LogP contribution in [0.4, 0.5) is 0 Å². The van der Waals surface area contributed by atoms with Gasteiger partial charge in [-0.1, -0.05) is 54.6 Å². The van der Waals surface area contributed by atoms with Crippen LogP contribution in [0.15, 0.2) is 54.6 Å². The van der Waals surface area contributed by atoms with Crippen LogP contribution in [0.1, 0.15) is 35.3 Å². The maximum atomic E-state index is 12.4. The van der Waals surface area contributed by atoms with E-state index in [1.807, 2.05) is 18.2 Å². The number of carbonyl (C=O) groups is 2. The van der Waals surface area contributed by atoms with Gasteiger partial charge in [0.05, 0.1) is 0 Å². The molecule has 25 heavy (non-hydrogen) atoms. The minimum absolute atomic E-state index is 0.0579. The Kier molecular flexibility index (Phi) is 4.64. The summed E-state index contributed by atoms with van der Waals surface area (Å²) >= 11 is 6.02. The molecule has 3 rings (SSSR count). The second-order valence-corrected chi connectivity index (χ2v) is 6.91. The predicted molar refractivity (Wildman–Crippen MR) is 94.6 cm³/mol. The zero-order chi connectivity index (χ0) is 18.2. The molecule has 0 radical (unpaired) electrons. The summed E-state index contributed by atoms with van der Waals surface area (Å²) in [5.74, 6) is -0.308. The lowest BCUT2D eigenvalue weighted by Gasteiger charge is -2.22. The molecule has 1 amide bonds. The molecule has 0 bridgehead atoms. The van der Waals surface area contributed by atoms with Crippen LogP contribution < -0.4 is 0 Å². The van der Waals surface area contributed by atoms with Crippen molar-refractivity contribution in [3.63, 3.8) is 0 Å². The average Bonchev–Trinajstić information content (AvgIpc) is 2.77. The number of aliphatic hydroxyl groups excluding tert-OH is 1. The zero-order valence-corrected chi connectivity index (χ0v) is 14.8. The van der Waals surface area contributed by atoms with Crippen LogP contribution in [0, 0.1) is 0 Å². The third-order valence-corrected chi connectivity index (χ3v) is 5.00. The van der Waals surface area contributed by atoms with Crippen molar-refractivity contribution in [3.05, 3.63) is 71.3 Å². The van der Waals surface area contributed by atoms with E-state index in [9.17, 15) is 14.7 Å². The quantitative estimate of drug-likeness (QED) is 0.674. The van der Waals surface area contributed by atoms with Crippen LogP contribution >= 0.6 is 11.8 Å². The van der Waals surface area contributed by atoms with Crippen molar-refractivity contribution in [2.75, 3.05) is 0 Å². The Hall–Kier alpha value is -2.21. The van der Waals surface area contributed by atoms with Crippen LogP contribution in [0.5, 0.6) is 0 Å². The summed E-state index contributed by atoms with van der Waals surface area (Å²) in [5.41, 5.74) is 1.03. The molecule has 2 aromatic carbocycles. The first-order chi connectivity index (χ1) is 11.8. The number of carbonyl (C=O) groups excluding carboxylic acids is 2. The van der Waals surface area contributed by atoms with Gasteiger partial charge in [0.15, 0.2) is 5.78 Å². The van der Waals surface area contributed by atoms with E-state index in [4.69, 9.17) is 11.8 Å². The molecule has 1 atom stereocenters. The molecule has 1 aliphatic heterocycles. The van der Waals surface area contributed by atoms with E-state index >= 15 is 0 Å². The molecule has 0 aromatic heterocycles. The third-order valence-electron chi connectivity index (χ3n) is 4.40. The van der Waals surface area contributed by atoms with Crippen LogP contribution in [0.3, 0.4) is 0 Å². The molecular formula is C19H19ClN2O3. The van der Waals surface area contributed by atoms with Crippen molar-refractivity contribution >= 4 is 23.5 Å². The van der Waals surface area contributed by atoms with Gasteiger partial charge < -0.3 is 5.11 Å². The van der Waals surface area contributed by atoms with E-state index < -0.39 is 11.9 Å². The minimum atomic E-state index is -1.19. The van der Waals surface area contributed by atoms with Crippen molar-refractivity contribution in [2.45, 2.75) is 32.3 Å². The minimum Gasteiger partial charge on any atom is -0.360 e. The predicted octanol–water partition coefficient (Wildman–Crippen LogP) is 2.77. The largest absolute Gasteiger partial charge is 0.360 e. The summed E-state index contributed by atoms with van der Waals surface area (Å²) in [7, 11) is 0. The Bertz CT molecular complexity index is 790. The average molecular weight is 359 g/mol. The Morgan fingerprint density at radius 3 is 2.16 bits per heavy atom. The van der Waals surface area contributed by atoms with Gasteiger partial charge in [-0.15, -0.1) is 0 Å². The molecule has 1 unspecified atom stereocenters. The van der Waals surface area contributed by atoms with Crippen molar-refractivity contribution in [3.8, 4) is 0 Å². The van der Waals surface area contributed by atoms with Gasteiger partial charge in [0, 0.05) is 17.7 Å². The number of hydrogen-bond acceptors (Lipinski definition) is 4. The number of nitrogens with zero attached hydrogens (tertiary/aromatic N) is 2. The SMILES string of the molecule is CC1(C)C(=O)N(Cc2ccc(C(=O)c3ccccc3)cc2)C(O)N1Cl. The molecule has 2 aromatic rings. The molecule has 130 valence electrons. The van der Waals surface area contributed by atoms with Crippen molar-refractivity contribution in [2.24, 2.45) is 0 Å². The molecule has 0 spiro atoms. The van der Waals surface area contributed by atoms with Gasteiger partial charge in [-0.3, -0.25) is 14.5 Å². The van der Waals surface area contributed by atoms with Gasteiger partial charge >= 0.3 is 0 Å². The van der Waals surface area contributed by atoms with Gasteiger partial charge in [0.25, 0.3) is 0 Å². The number of halogens is 1. The normalized spacial score (nSPS) is 20.1. The van der Waals surface area contributed by atoms with Gasteiger partial charge in [0.1, 0.15) is 5.54 Å². The molecule has 0 aliphatic carbocycles. The highest BCUT2D eigenvalue weighted by atomic mass is 35.5. The summed E-state index contributed by atoms with van der Waals surface area (Å²) in [6, 6.07) is 16.0. The van der Waals surface area contributed by atoms with Crippen molar-refractivity contribution in [1.29, 1.82) is 0 Å². The lowest BCUT2D eigenvalue weighted by Crippen LogP contribution is -2.39. The number of hydrogen-bond donors (Lipinski definition) is 1. The van der Waals surface area contributed by atoms with Gasteiger partial charge in [-0.05, 0) is 31.2 Å².